The Morgan fingerprint density at radius 3 is 2.76 bits per heavy atom. The van der Waals surface area contributed by atoms with Gasteiger partial charge in [0.15, 0.2) is 0 Å². The monoisotopic (exact) mass is 608 g/mol. The minimum atomic E-state index is -4.72. The first-order valence-corrected chi connectivity index (χ1v) is 14.6. The number of piperidine rings is 1. The minimum Gasteiger partial charge on any atom is -0.464 e. The summed E-state index contributed by atoms with van der Waals surface area (Å²) in [5, 5.41) is 18.0. The molecule has 1 aromatic rings. The van der Waals surface area contributed by atoms with Crippen molar-refractivity contribution in [2.75, 3.05) is 26.3 Å². The van der Waals surface area contributed by atoms with E-state index >= 15 is 0 Å². The Hall–Kier alpha value is -4.19. The standard InChI is InChI=1S/C25H32N6O10S/c32-24(39-14-6-12-26-20-10-11-23(31(34)35)30-22(20)16-27-41-30)21-9-4-5-13-29(21)25(33)28-19(17-40-42(36,37)38)15-18-7-2-1-3-8-18/h1-3,7-8,10-11,16,19,21,26-27H,4-6,9,12-15,17H2,(H,28,33)(H,36,37,38). The number of rotatable bonds is 13. The molecule has 3 heterocycles. The normalized spacial score (nSPS) is 19.0. The van der Waals surface area contributed by atoms with Gasteiger partial charge in [-0.15, -0.1) is 0 Å². The van der Waals surface area contributed by atoms with Crippen molar-refractivity contribution in [2.45, 2.75) is 44.2 Å². The Bertz CT molecular complexity index is 1350. The molecule has 0 aromatic heterocycles. The molecule has 0 saturated carbocycles. The number of ether oxygens (including phenoxy) is 1. The molecule has 2 amide bonds. The van der Waals surface area contributed by atoms with Crippen LogP contribution in [0, 0.1) is 10.1 Å². The molecule has 42 heavy (non-hydrogen) atoms. The number of fused-ring (bicyclic) bond motifs is 1. The maximum Gasteiger partial charge on any atom is 0.397 e. The fourth-order valence-electron chi connectivity index (χ4n) is 4.66. The summed E-state index contributed by atoms with van der Waals surface area (Å²) in [5.41, 5.74) is 4.28. The van der Waals surface area contributed by atoms with Crippen molar-refractivity contribution in [2.24, 2.45) is 0 Å². The third kappa shape index (κ3) is 8.41. The first-order valence-electron chi connectivity index (χ1n) is 13.3. The van der Waals surface area contributed by atoms with Gasteiger partial charge in [0.1, 0.15) is 6.04 Å². The maximum absolute atomic E-state index is 13.2. The van der Waals surface area contributed by atoms with E-state index in [1.165, 1.54) is 17.2 Å². The molecule has 4 N–H and O–H groups in total. The lowest BCUT2D eigenvalue weighted by molar-refractivity contribution is -0.465. The van der Waals surface area contributed by atoms with Crippen molar-refractivity contribution in [3.63, 3.8) is 0 Å². The number of hydrogen-bond acceptors (Lipinski definition) is 12. The second kappa shape index (κ2) is 14.1. The molecule has 0 spiro atoms. The van der Waals surface area contributed by atoms with E-state index in [4.69, 9.17) is 14.2 Å². The highest BCUT2D eigenvalue weighted by Gasteiger charge is 2.37. The Kier molecular flexibility index (Phi) is 10.3. The lowest BCUT2D eigenvalue weighted by Crippen LogP contribution is -2.55. The summed E-state index contributed by atoms with van der Waals surface area (Å²) in [4.78, 5) is 43.1. The molecule has 16 nitrogen and oxygen atoms in total. The summed E-state index contributed by atoms with van der Waals surface area (Å²) in [6, 6.07) is 6.82. The van der Waals surface area contributed by atoms with Crippen LogP contribution < -0.4 is 16.1 Å². The maximum atomic E-state index is 13.2. The molecule has 0 aliphatic carbocycles. The van der Waals surface area contributed by atoms with Gasteiger partial charge < -0.3 is 30.4 Å². The van der Waals surface area contributed by atoms with Gasteiger partial charge in [-0.05, 0) is 53.7 Å². The predicted molar refractivity (Wildman–Crippen MR) is 145 cm³/mol. The topological polar surface area (TPSA) is 202 Å². The second-order valence-corrected chi connectivity index (χ2v) is 10.7. The van der Waals surface area contributed by atoms with Crippen LogP contribution >= 0.6 is 0 Å². The molecule has 0 radical (unpaired) electrons. The van der Waals surface area contributed by atoms with E-state index < -0.39 is 46.0 Å². The Morgan fingerprint density at radius 2 is 2.02 bits per heavy atom. The number of esters is 1. The molecule has 3 aliphatic heterocycles. The van der Waals surface area contributed by atoms with Crippen LogP contribution in [0.3, 0.4) is 0 Å². The van der Waals surface area contributed by atoms with Crippen molar-refractivity contribution in [3.05, 3.63) is 81.6 Å². The zero-order valence-corrected chi connectivity index (χ0v) is 23.3. The van der Waals surface area contributed by atoms with Gasteiger partial charge in [-0.25, -0.2) is 19.3 Å². The van der Waals surface area contributed by atoms with Crippen LogP contribution in [0.25, 0.3) is 0 Å². The lowest BCUT2D eigenvalue weighted by Gasteiger charge is -2.35. The fraction of sp³-hybridized carbons (Fsp3) is 0.440. The van der Waals surface area contributed by atoms with Gasteiger partial charge in [-0.2, -0.15) is 8.42 Å². The van der Waals surface area contributed by atoms with Crippen LogP contribution in [0.15, 0.2) is 65.9 Å². The average molecular weight is 609 g/mol. The molecule has 17 heteroatoms. The first kappa shape index (κ1) is 30.8. The number of nitrogens with one attached hydrogen (secondary N) is 3. The molecule has 4 rings (SSSR count). The van der Waals surface area contributed by atoms with Crippen molar-refractivity contribution in [1.29, 1.82) is 0 Å². The summed E-state index contributed by atoms with van der Waals surface area (Å²) in [6.07, 6.45) is 6.78. The van der Waals surface area contributed by atoms with Gasteiger partial charge >= 0.3 is 28.2 Å². The molecule has 2 unspecified atom stereocenters. The number of benzene rings is 1. The van der Waals surface area contributed by atoms with E-state index in [9.17, 15) is 28.1 Å². The van der Waals surface area contributed by atoms with E-state index in [1.807, 2.05) is 6.07 Å². The van der Waals surface area contributed by atoms with Crippen LogP contribution in [0.5, 0.6) is 0 Å². The number of carbonyl (C=O) groups is 2. The summed E-state index contributed by atoms with van der Waals surface area (Å²) in [5.74, 6) is -0.805. The van der Waals surface area contributed by atoms with E-state index in [0.717, 1.165) is 17.0 Å². The minimum absolute atomic E-state index is 0.0669. The third-order valence-electron chi connectivity index (χ3n) is 6.62. The number of allylic oxidation sites excluding steroid dienone is 2. The third-order valence-corrected chi connectivity index (χ3v) is 7.05. The smallest absolute Gasteiger partial charge is 0.397 e. The number of carbonyl (C=O) groups excluding carboxylic acids is 2. The highest BCUT2D eigenvalue weighted by atomic mass is 32.3. The number of amides is 2. The van der Waals surface area contributed by atoms with Gasteiger partial charge in [0, 0.05) is 19.2 Å². The Balaban J connectivity index is 1.28. The van der Waals surface area contributed by atoms with Gasteiger partial charge in [-0.1, -0.05) is 35.3 Å². The number of urea groups is 1. The summed E-state index contributed by atoms with van der Waals surface area (Å²) < 4.78 is 41.3. The van der Waals surface area contributed by atoms with E-state index in [0.29, 0.717) is 43.7 Å². The molecule has 2 atom stereocenters. The SMILES string of the molecule is O=C(OCCCNC1=CC=C([N+](=O)[O-])N2ONC=C12)C1CCCCN1C(=O)NC(COS(=O)(=O)O)Cc1ccccc1. The number of nitrogens with zero attached hydrogens (tertiary/aromatic N) is 3. The lowest BCUT2D eigenvalue weighted by atomic mass is 10.0. The fourth-order valence-corrected chi connectivity index (χ4v) is 4.99. The quantitative estimate of drug-likeness (QED) is 0.0816. The van der Waals surface area contributed by atoms with Crippen LogP contribution in [0.2, 0.25) is 0 Å². The van der Waals surface area contributed by atoms with Crippen LogP contribution in [-0.2, 0) is 35.5 Å². The van der Waals surface area contributed by atoms with E-state index in [-0.39, 0.29) is 18.8 Å². The number of likely N-dealkylation sites (tertiary alicyclic amines) is 1. The second-order valence-electron chi connectivity index (χ2n) is 9.60. The molecule has 3 aliphatic rings. The zero-order valence-electron chi connectivity index (χ0n) is 22.5. The first-order chi connectivity index (χ1) is 20.1. The number of hydrogen-bond donors (Lipinski definition) is 4. The zero-order chi connectivity index (χ0) is 30.1. The summed E-state index contributed by atoms with van der Waals surface area (Å²) >= 11 is 0. The highest BCUT2D eigenvalue weighted by Crippen LogP contribution is 2.26. The van der Waals surface area contributed by atoms with Crippen LogP contribution in [0.4, 0.5) is 4.79 Å². The van der Waals surface area contributed by atoms with Crippen molar-refractivity contribution >= 4 is 22.4 Å². The molecule has 1 aromatic carbocycles. The Labute approximate surface area is 242 Å². The number of nitro groups is 1. The van der Waals surface area contributed by atoms with E-state index in [1.54, 1.807) is 30.3 Å². The van der Waals surface area contributed by atoms with Gasteiger partial charge in [-0.3, -0.25) is 4.55 Å². The summed E-state index contributed by atoms with van der Waals surface area (Å²) in [6.45, 7) is 0.263. The van der Waals surface area contributed by atoms with Crippen LogP contribution in [0.1, 0.15) is 31.2 Å². The van der Waals surface area contributed by atoms with Crippen molar-refractivity contribution < 1.29 is 41.3 Å². The highest BCUT2D eigenvalue weighted by molar-refractivity contribution is 7.80. The summed E-state index contributed by atoms with van der Waals surface area (Å²) in [7, 11) is -4.72. The van der Waals surface area contributed by atoms with Crippen molar-refractivity contribution in [1.82, 2.24) is 26.1 Å². The van der Waals surface area contributed by atoms with Crippen molar-refractivity contribution in [3.8, 4) is 0 Å². The Morgan fingerprint density at radius 1 is 1.24 bits per heavy atom. The predicted octanol–water partition coefficient (Wildman–Crippen LogP) is 1.11. The van der Waals surface area contributed by atoms with Gasteiger partial charge in [0.2, 0.25) is 5.70 Å². The molecule has 228 valence electrons. The average Bonchev–Trinajstić information content (AvgIpc) is 3.46. The largest absolute Gasteiger partial charge is 0.464 e. The van der Waals surface area contributed by atoms with Gasteiger partial charge in [0.05, 0.1) is 31.2 Å². The molecular formula is C25H32N6O10S. The number of hydroxylamine groups is 3. The van der Waals surface area contributed by atoms with Crippen LogP contribution in [-0.4, -0.2) is 78.2 Å². The molecule has 0 bridgehead atoms. The van der Waals surface area contributed by atoms with Gasteiger partial charge in [0.25, 0.3) is 0 Å². The molecular weight excluding hydrogens is 576 g/mol. The molecule has 1 saturated heterocycles. The van der Waals surface area contributed by atoms with E-state index in [2.05, 4.69) is 20.3 Å². The molecule has 1 fully saturated rings.